The molecule has 0 atom stereocenters. The number of sulfonamides is 1. The number of rotatable bonds is 9. The summed E-state index contributed by atoms with van der Waals surface area (Å²) in [5.74, 6) is -0.445. The molecule has 0 aliphatic carbocycles. The third-order valence-corrected chi connectivity index (χ3v) is 9.54. The third kappa shape index (κ3) is 5.56. The van der Waals surface area contributed by atoms with Crippen LogP contribution >= 0.6 is 0 Å². The van der Waals surface area contributed by atoms with Crippen molar-refractivity contribution in [3.63, 3.8) is 0 Å². The van der Waals surface area contributed by atoms with E-state index in [1.807, 2.05) is 37.3 Å². The van der Waals surface area contributed by atoms with Gasteiger partial charge in [0.05, 0.1) is 0 Å². The summed E-state index contributed by atoms with van der Waals surface area (Å²) in [7, 11) is -3.94. The average Bonchev–Trinajstić information content (AvgIpc) is 2.85. The first-order valence-electron chi connectivity index (χ1n) is 11.7. The lowest BCUT2D eigenvalue weighted by atomic mass is 9.92. The number of carbonyl (C=O) groups is 2. The van der Waals surface area contributed by atoms with Gasteiger partial charge >= 0.3 is 0 Å². The zero-order chi connectivity index (χ0) is 23.9. The van der Waals surface area contributed by atoms with Crippen molar-refractivity contribution >= 4 is 27.5 Å². The Morgan fingerprint density at radius 3 is 2.39 bits per heavy atom. The molecule has 9 nitrogen and oxygen atoms in total. The average molecular weight is 482 g/mol. The number of benzene rings is 1. The molecule has 0 aromatic heterocycles. The molecule has 2 heterocycles. The van der Waals surface area contributed by atoms with Gasteiger partial charge in [-0.25, -0.2) is 18.2 Å². The number of hydrogen-bond donors (Lipinski definition) is 2. The van der Waals surface area contributed by atoms with Gasteiger partial charge in [-0.1, -0.05) is 18.2 Å². The van der Waals surface area contributed by atoms with Gasteiger partial charge in [-0.2, -0.15) is 0 Å². The predicted molar refractivity (Wildman–Crippen MR) is 124 cm³/mol. The summed E-state index contributed by atoms with van der Waals surface area (Å²) in [4.78, 5) is 26.8. The SMILES string of the molecule is CCN(C(=O)CCCC1CCN(S(=O)(=O)C2(C(=O)NO)CCOCC2)CC1)c1ccccc1. The Morgan fingerprint density at radius 1 is 1.18 bits per heavy atom. The summed E-state index contributed by atoms with van der Waals surface area (Å²) in [6, 6.07) is 9.62. The van der Waals surface area contributed by atoms with Crippen molar-refractivity contribution in [2.75, 3.05) is 37.7 Å². The molecule has 0 radical (unpaired) electrons. The zero-order valence-electron chi connectivity index (χ0n) is 19.2. The van der Waals surface area contributed by atoms with Crippen molar-refractivity contribution in [3.8, 4) is 0 Å². The van der Waals surface area contributed by atoms with Crippen LogP contribution in [0.1, 0.15) is 51.9 Å². The number of carbonyl (C=O) groups excluding carboxylic acids is 2. The lowest BCUT2D eigenvalue weighted by Crippen LogP contribution is -2.60. The molecule has 0 saturated carbocycles. The molecule has 3 rings (SSSR count). The van der Waals surface area contributed by atoms with Crippen molar-refractivity contribution in [1.82, 2.24) is 9.79 Å². The quantitative estimate of drug-likeness (QED) is 0.413. The number of ether oxygens (including phenoxy) is 1. The van der Waals surface area contributed by atoms with E-state index >= 15 is 0 Å². The van der Waals surface area contributed by atoms with E-state index in [1.165, 1.54) is 4.31 Å². The number of anilines is 1. The van der Waals surface area contributed by atoms with Gasteiger partial charge in [0.15, 0.2) is 4.75 Å². The molecule has 0 spiro atoms. The molecular formula is C23H35N3O6S. The summed E-state index contributed by atoms with van der Waals surface area (Å²) in [6.07, 6.45) is 3.52. The van der Waals surface area contributed by atoms with Crippen LogP contribution < -0.4 is 10.4 Å². The zero-order valence-corrected chi connectivity index (χ0v) is 20.1. The lowest BCUT2D eigenvalue weighted by molar-refractivity contribution is -0.134. The molecule has 2 N–H and O–H groups in total. The molecule has 2 fully saturated rings. The van der Waals surface area contributed by atoms with Crippen LogP contribution in [-0.2, 0) is 24.3 Å². The summed E-state index contributed by atoms with van der Waals surface area (Å²) < 4.78 is 31.7. The largest absolute Gasteiger partial charge is 0.381 e. The maximum Gasteiger partial charge on any atom is 0.266 e. The van der Waals surface area contributed by atoms with Crippen molar-refractivity contribution in [2.45, 2.75) is 56.6 Å². The van der Waals surface area contributed by atoms with E-state index < -0.39 is 20.7 Å². The number of piperidine rings is 1. The van der Waals surface area contributed by atoms with Crippen molar-refractivity contribution in [2.24, 2.45) is 5.92 Å². The summed E-state index contributed by atoms with van der Waals surface area (Å²) >= 11 is 0. The highest BCUT2D eigenvalue weighted by atomic mass is 32.2. The fourth-order valence-electron chi connectivity index (χ4n) is 4.88. The fraction of sp³-hybridized carbons (Fsp3) is 0.652. The van der Waals surface area contributed by atoms with Crippen LogP contribution in [0.25, 0.3) is 0 Å². The van der Waals surface area contributed by atoms with Gasteiger partial charge in [0.1, 0.15) is 0 Å². The number of amides is 2. The second-order valence-corrected chi connectivity index (χ2v) is 11.0. The Kier molecular flexibility index (Phi) is 8.86. The first kappa shape index (κ1) is 25.6. The van der Waals surface area contributed by atoms with Gasteiger partial charge < -0.3 is 9.64 Å². The van der Waals surface area contributed by atoms with E-state index in [1.54, 1.807) is 10.4 Å². The fourth-order valence-corrected chi connectivity index (χ4v) is 7.03. The van der Waals surface area contributed by atoms with Gasteiger partial charge in [0.2, 0.25) is 15.9 Å². The molecule has 33 heavy (non-hydrogen) atoms. The number of nitrogens with zero attached hydrogens (tertiary/aromatic N) is 2. The second-order valence-electron chi connectivity index (χ2n) is 8.76. The molecule has 2 amide bonds. The van der Waals surface area contributed by atoms with E-state index in [0.717, 1.165) is 18.5 Å². The van der Waals surface area contributed by atoms with Gasteiger partial charge in [0, 0.05) is 57.8 Å². The minimum atomic E-state index is -3.94. The predicted octanol–water partition coefficient (Wildman–Crippen LogP) is 2.31. The minimum absolute atomic E-state index is 0.0269. The Bertz CT molecular complexity index is 894. The smallest absolute Gasteiger partial charge is 0.266 e. The van der Waals surface area contributed by atoms with Crippen LogP contribution in [0.15, 0.2) is 30.3 Å². The molecule has 2 saturated heterocycles. The van der Waals surface area contributed by atoms with Crippen LogP contribution in [0.2, 0.25) is 0 Å². The van der Waals surface area contributed by atoms with Crippen LogP contribution in [-0.4, -0.2) is 67.3 Å². The monoisotopic (exact) mass is 481 g/mol. The molecule has 1 aromatic carbocycles. The Morgan fingerprint density at radius 2 is 1.82 bits per heavy atom. The van der Waals surface area contributed by atoms with Gasteiger partial charge in [-0.15, -0.1) is 0 Å². The number of hydroxylamine groups is 1. The summed E-state index contributed by atoms with van der Waals surface area (Å²) in [6.45, 7) is 3.58. The summed E-state index contributed by atoms with van der Waals surface area (Å²) in [5, 5.41) is 9.17. The number of para-hydroxylation sites is 1. The topological polar surface area (TPSA) is 116 Å². The van der Waals surface area contributed by atoms with Crippen molar-refractivity contribution < 1.29 is 28.0 Å². The molecule has 10 heteroatoms. The molecule has 2 aliphatic rings. The van der Waals surface area contributed by atoms with Crippen LogP contribution in [0.5, 0.6) is 0 Å². The van der Waals surface area contributed by atoms with Crippen LogP contribution in [0.4, 0.5) is 5.69 Å². The second kappa shape index (κ2) is 11.4. The van der Waals surface area contributed by atoms with Crippen molar-refractivity contribution in [1.29, 1.82) is 0 Å². The van der Waals surface area contributed by atoms with E-state index in [4.69, 9.17) is 4.74 Å². The highest BCUT2D eigenvalue weighted by Gasteiger charge is 2.54. The number of nitrogens with one attached hydrogen (secondary N) is 1. The van der Waals surface area contributed by atoms with E-state index in [2.05, 4.69) is 0 Å². The van der Waals surface area contributed by atoms with Gasteiger partial charge in [-0.3, -0.25) is 14.8 Å². The van der Waals surface area contributed by atoms with Crippen molar-refractivity contribution in [3.05, 3.63) is 30.3 Å². The first-order chi connectivity index (χ1) is 15.9. The standard InChI is InChI=1S/C23H35N3O6S/c1-2-26(20-8-4-3-5-9-20)21(27)10-6-7-19-11-15-25(16-12-19)33(30,31)23(22(28)24-29)13-17-32-18-14-23/h3-5,8-9,19,29H,2,6-7,10-18H2,1H3,(H,24,28). The van der Waals surface area contributed by atoms with E-state index in [-0.39, 0.29) is 32.0 Å². The van der Waals surface area contributed by atoms with Gasteiger partial charge in [-0.05, 0) is 50.7 Å². The highest BCUT2D eigenvalue weighted by molar-refractivity contribution is 7.91. The van der Waals surface area contributed by atoms with Crippen LogP contribution in [0.3, 0.4) is 0 Å². The Labute approximate surface area is 196 Å². The first-order valence-corrected chi connectivity index (χ1v) is 13.2. The third-order valence-electron chi connectivity index (χ3n) is 6.91. The maximum atomic E-state index is 13.4. The Balaban J connectivity index is 1.51. The van der Waals surface area contributed by atoms with Gasteiger partial charge in [0.25, 0.3) is 5.91 Å². The summed E-state index contributed by atoms with van der Waals surface area (Å²) in [5.41, 5.74) is 2.46. The highest BCUT2D eigenvalue weighted by Crippen LogP contribution is 2.35. The molecule has 0 bridgehead atoms. The van der Waals surface area contributed by atoms with E-state index in [0.29, 0.717) is 44.8 Å². The molecule has 2 aliphatic heterocycles. The van der Waals surface area contributed by atoms with Crippen LogP contribution in [0, 0.1) is 5.92 Å². The van der Waals surface area contributed by atoms with E-state index in [9.17, 15) is 23.2 Å². The molecular weight excluding hydrogens is 446 g/mol. The lowest BCUT2D eigenvalue weighted by Gasteiger charge is -2.40. The Hall–Kier alpha value is -2.01. The number of hydrogen-bond acceptors (Lipinski definition) is 6. The minimum Gasteiger partial charge on any atom is -0.381 e. The molecule has 0 unspecified atom stereocenters. The molecule has 184 valence electrons. The maximum absolute atomic E-state index is 13.4. The normalized spacial score (nSPS) is 19.7. The molecule has 1 aromatic rings.